The number of thioether (sulfide) groups is 1. The summed E-state index contributed by atoms with van der Waals surface area (Å²) >= 11 is 1.01. The van der Waals surface area contributed by atoms with E-state index in [1.54, 1.807) is 24.3 Å². The molecule has 0 aliphatic heterocycles. The molecule has 0 aromatic heterocycles. The first-order chi connectivity index (χ1) is 9.19. The van der Waals surface area contributed by atoms with Crippen molar-refractivity contribution in [3.05, 3.63) is 29.8 Å². The Morgan fingerprint density at radius 2 is 1.89 bits per heavy atom. The molecular formula is C13H16O5S. The summed E-state index contributed by atoms with van der Waals surface area (Å²) in [5.74, 6) is 0.475. The van der Waals surface area contributed by atoms with Crippen molar-refractivity contribution in [3.63, 3.8) is 0 Å². The Hall–Kier alpha value is -1.69. The van der Waals surface area contributed by atoms with Crippen LogP contribution in [0.15, 0.2) is 24.3 Å². The maximum absolute atomic E-state index is 11.8. The second-order valence-corrected chi connectivity index (χ2v) is 4.51. The lowest BCUT2D eigenvalue weighted by atomic mass is 10.2. The molecule has 0 unspecified atom stereocenters. The van der Waals surface area contributed by atoms with Gasteiger partial charge in [-0.25, -0.2) is 9.59 Å². The molecule has 5 nitrogen and oxygen atoms in total. The quantitative estimate of drug-likeness (QED) is 0.591. The molecule has 1 aromatic rings. The van der Waals surface area contributed by atoms with Crippen LogP contribution in [-0.2, 0) is 9.47 Å². The minimum atomic E-state index is -0.585. The van der Waals surface area contributed by atoms with Crippen molar-refractivity contribution < 1.29 is 23.8 Å². The smallest absolute Gasteiger partial charge is 0.370 e. The van der Waals surface area contributed by atoms with E-state index in [0.717, 1.165) is 11.8 Å². The summed E-state index contributed by atoms with van der Waals surface area (Å²) in [5, 5.41) is -0.464. The second kappa shape index (κ2) is 8.42. The SMILES string of the molecule is CCOc1ccccc1C(=O)OCOC(=O)SCC. The first-order valence-electron chi connectivity index (χ1n) is 5.87. The predicted octanol–water partition coefficient (Wildman–Crippen LogP) is 3.09. The maximum Gasteiger partial charge on any atom is 0.370 e. The average Bonchev–Trinajstić information content (AvgIpc) is 2.40. The molecular weight excluding hydrogens is 268 g/mol. The Morgan fingerprint density at radius 3 is 2.58 bits per heavy atom. The molecule has 0 saturated carbocycles. The van der Waals surface area contributed by atoms with E-state index in [0.29, 0.717) is 23.7 Å². The average molecular weight is 284 g/mol. The largest absolute Gasteiger partial charge is 0.493 e. The molecule has 0 atom stereocenters. The Kier molecular flexibility index (Phi) is 6.81. The zero-order chi connectivity index (χ0) is 14.1. The molecule has 104 valence electrons. The van der Waals surface area contributed by atoms with Crippen molar-refractivity contribution in [2.75, 3.05) is 19.2 Å². The van der Waals surface area contributed by atoms with Crippen molar-refractivity contribution in [3.8, 4) is 5.75 Å². The summed E-state index contributed by atoms with van der Waals surface area (Å²) in [6.45, 7) is 3.71. The van der Waals surface area contributed by atoms with Crippen molar-refractivity contribution in [1.29, 1.82) is 0 Å². The predicted molar refractivity (Wildman–Crippen MR) is 72.5 cm³/mol. The Bertz CT molecular complexity index is 433. The van der Waals surface area contributed by atoms with Crippen LogP contribution >= 0.6 is 11.8 Å². The van der Waals surface area contributed by atoms with Crippen LogP contribution in [0.5, 0.6) is 5.75 Å². The number of carbonyl (C=O) groups excluding carboxylic acids is 2. The van der Waals surface area contributed by atoms with Crippen LogP contribution in [-0.4, -0.2) is 30.4 Å². The van der Waals surface area contributed by atoms with Gasteiger partial charge >= 0.3 is 11.3 Å². The molecule has 0 aliphatic carbocycles. The highest BCUT2D eigenvalue weighted by atomic mass is 32.2. The molecule has 19 heavy (non-hydrogen) atoms. The fourth-order valence-corrected chi connectivity index (χ4v) is 1.65. The molecule has 0 bridgehead atoms. The summed E-state index contributed by atoms with van der Waals surface area (Å²) < 4.78 is 14.9. The number of carbonyl (C=O) groups is 2. The summed E-state index contributed by atoms with van der Waals surface area (Å²) in [5.41, 5.74) is 0.309. The maximum atomic E-state index is 11.8. The van der Waals surface area contributed by atoms with Gasteiger partial charge in [-0.05, 0) is 30.8 Å². The van der Waals surface area contributed by atoms with E-state index in [-0.39, 0.29) is 0 Å². The van der Waals surface area contributed by atoms with Gasteiger partial charge in [-0.3, -0.25) is 0 Å². The van der Waals surface area contributed by atoms with Gasteiger partial charge in [-0.1, -0.05) is 19.1 Å². The van der Waals surface area contributed by atoms with E-state index in [4.69, 9.17) is 14.2 Å². The van der Waals surface area contributed by atoms with Gasteiger partial charge in [0.2, 0.25) is 6.79 Å². The lowest BCUT2D eigenvalue weighted by Gasteiger charge is -2.09. The first kappa shape index (κ1) is 15.4. The van der Waals surface area contributed by atoms with Crippen LogP contribution in [0.25, 0.3) is 0 Å². The number of rotatable bonds is 6. The monoisotopic (exact) mass is 284 g/mol. The van der Waals surface area contributed by atoms with E-state index in [9.17, 15) is 9.59 Å². The second-order valence-electron chi connectivity index (χ2n) is 3.31. The van der Waals surface area contributed by atoms with Gasteiger partial charge < -0.3 is 14.2 Å². The number of hydrogen-bond donors (Lipinski definition) is 0. The van der Waals surface area contributed by atoms with Crippen LogP contribution < -0.4 is 4.74 Å². The molecule has 6 heteroatoms. The Balaban J connectivity index is 2.51. The summed E-state index contributed by atoms with van der Waals surface area (Å²) in [6, 6.07) is 6.74. The lowest BCUT2D eigenvalue weighted by molar-refractivity contribution is 0.00380. The van der Waals surface area contributed by atoms with Crippen LogP contribution in [0.4, 0.5) is 4.79 Å². The third kappa shape index (κ3) is 5.21. The zero-order valence-corrected chi connectivity index (χ0v) is 11.7. The highest BCUT2D eigenvalue weighted by Gasteiger charge is 2.14. The highest BCUT2D eigenvalue weighted by molar-refractivity contribution is 8.13. The highest BCUT2D eigenvalue weighted by Crippen LogP contribution is 2.18. The van der Waals surface area contributed by atoms with E-state index >= 15 is 0 Å². The van der Waals surface area contributed by atoms with Crippen molar-refractivity contribution in [1.82, 2.24) is 0 Å². The topological polar surface area (TPSA) is 61.8 Å². The molecule has 1 aromatic carbocycles. The minimum absolute atomic E-state index is 0.309. The van der Waals surface area contributed by atoms with Gasteiger partial charge in [0.25, 0.3) is 0 Å². The van der Waals surface area contributed by atoms with Crippen LogP contribution in [0.1, 0.15) is 24.2 Å². The van der Waals surface area contributed by atoms with E-state index in [1.165, 1.54) is 0 Å². The van der Waals surface area contributed by atoms with Gasteiger partial charge in [0.05, 0.1) is 6.61 Å². The third-order valence-electron chi connectivity index (χ3n) is 2.04. The summed E-state index contributed by atoms with van der Waals surface area (Å²) in [7, 11) is 0. The van der Waals surface area contributed by atoms with Gasteiger partial charge in [0.1, 0.15) is 11.3 Å². The number of hydrogen-bond acceptors (Lipinski definition) is 6. The number of benzene rings is 1. The van der Waals surface area contributed by atoms with Gasteiger partial charge in [0.15, 0.2) is 0 Å². The van der Waals surface area contributed by atoms with E-state index < -0.39 is 18.1 Å². The van der Waals surface area contributed by atoms with Gasteiger partial charge in [-0.2, -0.15) is 0 Å². The number of para-hydroxylation sites is 1. The van der Waals surface area contributed by atoms with Gasteiger partial charge in [0, 0.05) is 5.75 Å². The minimum Gasteiger partial charge on any atom is -0.493 e. The number of esters is 1. The zero-order valence-electron chi connectivity index (χ0n) is 10.9. The Morgan fingerprint density at radius 1 is 1.16 bits per heavy atom. The normalized spacial score (nSPS) is 9.79. The molecule has 0 amide bonds. The van der Waals surface area contributed by atoms with Crippen molar-refractivity contribution in [2.45, 2.75) is 13.8 Å². The van der Waals surface area contributed by atoms with E-state index in [2.05, 4.69) is 0 Å². The number of ether oxygens (including phenoxy) is 3. The van der Waals surface area contributed by atoms with Crippen molar-refractivity contribution >= 4 is 23.0 Å². The summed E-state index contributed by atoms with van der Waals surface area (Å²) in [6.07, 6.45) is 0. The van der Waals surface area contributed by atoms with Crippen LogP contribution in [0, 0.1) is 0 Å². The van der Waals surface area contributed by atoms with Crippen LogP contribution in [0.3, 0.4) is 0 Å². The molecule has 0 spiro atoms. The molecule has 0 saturated heterocycles. The Labute approximate surface area is 116 Å². The third-order valence-corrected chi connectivity index (χ3v) is 2.68. The molecule has 0 fully saturated rings. The van der Waals surface area contributed by atoms with Crippen LogP contribution in [0.2, 0.25) is 0 Å². The van der Waals surface area contributed by atoms with E-state index in [1.807, 2.05) is 13.8 Å². The fraction of sp³-hybridized carbons (Fsp3) is 0.385. The first-order valence-corrected chi connectivity index (χ1v) is 6.86. The molecule has 1 rings (SSSR count). The molecule has 0 radical (unpaired) electrons. The van der Waals surface area contributed by atoms with Gasteiger partial charge in [-0.15, -0.1) is 0 Å². The fourth-order valence-electron chi connectivity index (χ4n) is 1.29. The summed E-state index contributed by atoms with van der Waals surface area (Å²) in [4.78, 5) is 22.8. The van der Waals surface area contributed by atoms with Crippen molar-refractivity contribution in [2.24, 2.45) is 0 Å². The molecule has 0 heterocycles. The lowest BCUT2D eigenvalue weighted by Crippen LogP contribution is -2.12. The molecule has 0 N–H and O–H groups in total. The molecule has 0 aliphatic rings. The standard InChI is InChI=1S/C13H16O5S/c1-3-16-11-8-6-5-7-10(11)12(14)17-9-18-13(15)19-4-2/h5-8H,3-4,9H2,1-2H3.